The van der Waals surface area contributed by atoms with Gasteiger partial charge < -0.3 is 9.72 Å². The number of fused-ring (bicyclic) bond motifs is 3. The summed E-state index contributed by atoms with van der Waals surface area (Å²) in [6.45, 7) is 0. The quantitative estimate of drug-likeness (QED) is 0.441. The van der Waals surface area contributed by atoms with Crippen molar-refractivity contribution in [2.75, 3.05) is 7.11 Å². The van der Waals surface area contributed by atoms with E-state index in [-0.39, 0.29) is 5.56 Å². The van der Waals surface area contributed by atoms with Crippen LogP contribution < -0.4 is 5.56 Å². The molecule has 4 aromatic rings. The summed E-state index contributed by atoms with van der Waals surface area (Å²) in [4.78, 5) is 28.4. The van der Waals surface area contributed by atoms with E-state index in [0.717, 1.165) is 21.2 Å². The molecule has 118 valence electrons. The number of aromatic nitrogens is 1. The molecule has 4 nitrogen and oxygen atoms in total. The lowest BCUT2D eigenvalue weighted by Gasteiger charge is -2.10. The van der Waals surface area contributed by atoms with E-state index in [4.69, 9.17) is 4.74 Å². The number of aromatic amines is 1. The Bertz CT molecular complexity index is 1130. The number of H-pyrrole nitrogens is 1. The second kappa shape index (κ2) is 5.62. The first-order valence-electron chi connectivity index (χ1n) is 7.39. The van der Waals surface area contributed by atoms with Gasteiger partial charge in [-0.15, -0.1) is 11.3 Å². The van der Waals surface area contributed by atoms with Crippen molar-refractivity contribution in [3.8, 4) is 10.4 Å². The van der Waals surface area contributed by atoms with Crippen molar-refractivity contribution in [3.05, 3.63) is 70.0 Å². The Hall–Kier alpha value is -2.92. The maximum Gasteiger partial charge on any atom is 0.338 e. The molecule has 0 saturated heterocycles. The number of carbonyl (C=O) groups excluding carboxylic acids is 1. The molecule has 5 heteroatoms. The second-order valence-corrected chi connectivity index (χ2v) is 6.37. The van der Waals surface area contributed by atoms with Crippen LogP contribution >= 0.6 is 11.3 Å². The summed E-state index contributed by atoms with van der Waals surface area (Å²) in [5.41, 5.74) is 1.31. The van der Waals surface area contributed by atoms with Gasteiger partial charge in [0.05, 0.1) is 18.1 Å². The van der Waals surface area contributed by atoms with Gasteiger partial charge >= 0.3 is 5.97 Å². The minimum atomic E-state index is -0.411. The lowest BCUT2D eigenvalue weighted by molar-refractivity contribution is 0.0603. The number of benzene rings is 2. The number of pyridine rings is 1. The summed E-state index contributed by atoms with van der Waals surface area (Å²) in [6, 6.07) is 13.3. The molecule has 0 aliphatic carbocycles. The predicted octanol–water partition coefficient (Wildman–Crippen LogP) is 4.20. The fourth-order valence-electron chi connectivity index (χ4n) is 2.99. The van der Waals surface area contributed by atoms with E-state index < -0.39 is 5.97 Å². The highest BCUT2D eigenvalue weighted by Gasteiger charge is 2.16. The molecular formula is C19H13NO3S. The van der Waals surface area contributed by atoms with Crippen LogP contribution in [0.2, 0.25) is 0 Å². The number of hydrogen-bond donors (Lipinski definition) is 1. The lowest BCUT2D eigenvalue weighted by atomic mass is 9.96. The number of nitrogens with one attached hydrogen (secondary N) is 1. The second-order valence-electron chi connectivity index (χ2n) is 5.42. The molecule has 0 spiro atoms. The van der Waals surface area contributed by atoms with Gasteiger partial charge in [-0.25, -0.2) is 4.79 Å². The van der Waals surface area contributed by atoms with Crippen LogP contribution in [0.4, 0.5) is 0 Å². The van der Waals surface area contributed by atoms with Crippen molar-refractivity contribution in [2.24, 2.45) is 0 Å². The molecule has 0 atom stereocenters. The zero-order valence-corrected chi connectivity index (χ0v) is 13.6. The maximum atomic E-state index is 12.4. The standard InChI is InChI=1S/C19H13NO3S/c1-23-19(22)15-10-12-6-7-20-18(21)17(12)14-9-11(4-5-13(14)15)16-3-2-8-24-16/h2-10H,1H3,(H,20,21). The summed E-state index contributed by atoms with van der Waals surface area (Å²) in [6.07, 6.45) is 1.58. The zero-order valence-electron chi connectivity index (χ0n) is 12.8. The number of methoxy groups -OCH3 is 1. The number of thiophene rings is 1. The SMILES string of the molecule is COC(=O)c1cc2cc[nH]c(=O)c2c2cc(-c3cccs3)ccc12. The highest BCUT2D eigenvalue weighted by Crippen LogP contribution is 2.32. The van der Waals surface area contributed by atoms with E-state index in [1.165, 1.54) is 7.11 Å². The molecule has 0 unspecified atom stereocenters. The lowest BCUT2D eigenvalue weighted by Crippen LogP contribution is -2.08. The molecule has 0 saturated carbocycles. The first-order chi connectivity index (χ1) is 11.7. The van der Waals surface area contributed by atoms with Crippen LogP contribution in [-0.2, 0) is 4.74 Å². The van der Waals surface area contributed by atoms with Gasteiger partial charge in [-0.1, -0.05) is 18.2 Å². The largest absolute Gasteiger partial charge is 0.465 e. The van der Waals surface area contributed by atoms with Crippen LogP contribution in [0.15, 0.2) is 58.8 Å². The van der Waals surface area contributed by atoms with E-state index in [9.17, 15) is 9.59 Å². The molecule has 4 rings (SSSR count). The Morgan fingerprint density at radius 3 is 2.75 bits per heavy atom. The Morgan fingerprint density at radius 1 is 1.12 bits per heavy atom. The van der Waals surface area contributed by atoms with Gasteiger partial charge in [0.25, 0.3) is 5.56 Å². The first kappa shape index (κ1) is 14.7. The van der Waals surface area contributed by atoms with Crippen molar-refractivity contribution < 1.29 is 9.53 Å². The fraction of sp³-hybridized carbons (Fsp3) is 0.0526. The number of hydrogen-bond acceptors (Lipinski definition) is 4. The molecule has 2 aromatic carbocycles. The molecule has 0 fully saturated rings. The minimum Gasteiger partial charge on any atom is -0.465 e. The summed E-state index contributed by atoms with van der Waals surface area (Å²) in [5, 5.41) is 4.77. The van der Waals surface area contributed by atoms with Gasteiger partial charge in [0, 0.05) is 11.1 Å². The van der Waals surface area contributed by atoms with E-state index in [1.54, 1.807) is 29.7 Å². The van der Waals surface area contributed by atoms with Crippen molar-refractivity contribution >= 4 is 38.9 Å². The van der Waals surface area contributed by atoms with Crippen LogP contribution in [0.3, 0.4) is 0 Å². The summed E-state index contributed by atoms with van der Waals surface area (Å²) in [7, 11) is 1.36. The molecule has 0 radical (unpaired) electrons. The highest BCUT2D eigenvalue weighted by atomic mass is 32.1. The molecule has 24 heavy (non-hydrogen) atoms. The van der Waals surface area contributed by atoms with Crippen molar-refractivity contribution in [1.29, 1.82) is 0 Å². The van der Waals surface area contributed by atoms with Crippen molar-refractivity contribution in [1.82, 2.24) is 4.98 Å². The molecular weight excluding hydrogens is 322 g/mol. The average molecular weight is 335 g/mol. The third-order valence-electron chi connectivity index (χ3n) is 4.08. The van der Waals surface area contributed by atoms with E-state index >= 15 is 0 Å². The summed E-state index contributed by atoms with van der Waals surface area (Å²) in [5.74, 6) is -0.411. The first-order valence-corrected chi connectivity index (χ1v) is 8.27. The van der Waals surface area contributed by atoms with E-state index in [1.807, 2.05) is 35.7 Å². The molecule has 1 N–H and O–H groups in total. The monoisotopic (exact) mass is 335 g/mol. The van der Waals surface area contributed by atoms with Crippen LogP contribution in [0.5, 0.6) is 0 Å². The number of rotatable bonds is 2. The predicted molar refractivity (Wildman–Crippen MR) is 96.7 cm³/mol. The normalized spacial score (nSPS) is 11.0. The molecule has 2 heterocycles. The zero-order chi connectivity index (χ0) is 16.7. The Labute approximate surface area is 141 Å². The van der Waals surface area contributed by atoms with Gasteiger partial charge in [0.15, 0.2) is 0 Å². The van der Waals surface area contributed by atoms with Crippen molar-refractivity contribution in [3.63, 3.8) is 0 Å². The van der Waals surface area contributed by atoms with Crippen LogP contribution in [0, 0.1) is 0 Å². The number of ether oxygens (including phenoxy) is 1. The summed E-state index contributed by atoms with van der Waals surface area (Å²) < 4.78 is 4.90. The Kier molecular flexibility index (Phi) is 3.43. The minimum absolute atomic E-state index is 0.169. The van der Waals surface area contributed by atoms with Crippen molar-refractivity contribution in [2.45, 2.75) is 0 Å². The van der Waals surface area contributed by atoms with Gasteiger partial charge in [-0.3, -0.25) is 4.79 Å². The van der Waals surface area contributed by atoms with E-state index in [2.05, 4.69) is 4.98 Å². The third-order valence-corrected chi connectivity index (χ3v) is 5.00. The molecule has 0 aliphatic heterocycles. The highest BCUT2D eigenvalue weighted by molar-refractivity contribution is 7.13. The van der Waals surface area contributed by atoms with Gasteiger partial charge in [-0.2, -0.15) is 0 Å². The van der Waals surface area contributed by atoms with Crippen LogP contribution in [0.25, 0.3) is 32.0 Å². The molecule has 0 aliphatic rings. The number of esters is 1. The summed E-state index contributed by atoms with van der Waals surface area (Å²) >= 11 is 1.63. The topological polar surface area (TPSA) is 59.2 Å². The average Bonchev–Trinajstić information content (AvgIpc) is 3.14. The maximum absolute atomic E-state index is 12.4. The third kappa shape index (κ3) is 2.21. The smallest absolute Gasteiger partial charge is 0.338 e. The van der Waals surface area contributed by atoms with Crippen LogP contribution in [-0.4, -0.2) is 18.1 Å². The van der Waals surface area contributed by atoms with Gasteiger partial charge in [-0.05, 0) is 51.4 Å². The van der Waals surface area contributed by atoms with Gasteiger partial charge in [0.1, 0.15) is 0 Å². The number of carbonyl (C=O) groups is 1. The van der Waals surface area contributed by atoms with E-state index in [0.29, 0.717) is 16.3 Å². The molecule has 0 amide bonds. The fourth-order valence-corrected chi connectivity index (χ4v) is 3.71. The Balaban J connectivity index is 2.16. The Morgan fingerprint density at radius 2 is 2.00 bits per heavy atom. The molecule has 0 bridgehead atoms. The van der Waals surface area contributed by atoms with Crippen LogP contribution in [0.1, 0.15) is 10.4 Å². The molecule has 2 aromatic heterocycles. The van der Waals surface area contributed by atoms with Gasteiger partial charge in [0.2, 0.25) is 0 Å².